The van der Waals surface area contributed by atoms with Gasteiger partial charge in [-0.05, 0) is 24.4 Å². The highest BCUT2D eigenvalue weighted by Gasteiger charge is 2.14. The number of nitrogens with one attached hydrogen (secondary N) is 1. The zero-order chi connectivity index (χ0) is 14.1. The van der Waals surface area contributed by atoms with Gasteiger partial charge in [0.2, 0.25) is 0 Å². The summed E-state index contributed by atoms with van der Waals surface area (Å²) in [6.45, 7) is 0. The number of hydrogen-bond donors (Lipinski definition) is 1. The second-order valence-electron chi connectivity index (χ2n) is 4.25. The summed E-state index contributed by atoms with van der Waals surface area (Å²) in [4.78, 5) is 2.87. The van der Waals surface area contributed by atoms with Gasteiger partial charge in [0.15, 0.2) is 16.4 Å². The molecular weight excluding hydrogens is 278 g/mol. The summed E-state index contributed by atoms with van der Waals surface area (Å²) in [5, 5.41) is 0. The first-order chi connectivity index (χ1) is 9.68. The minimum Gasteiger partial charge on any atom is -0.336 e. The summed E-state index contributed by atoms with van der Waals surface area (Å²) in [6, 6.07) is 13.4. The average Bonchev–Trinajstić information content (AvgIpc) is 2.85. The third-order valence-electron chi connectivity index (χ3n) is 3.02. The number of rotatable bonds is 2. The van der Waals surface area contributed by atoms with Crippen LogP contribution in [-0.2, 0) is 0 Å². The lowest BCUT2D eigenvalue weighted by Crippen LogP contribution is -2.01. The fourth-order valence-corrected chi connectivity index (χ4v) is 2.35. The zero-order valence-electron chi connectivity index (χ0n) is 10.3. The van der Waals surface area contributed by atoms with Crippen molar-refractivity contribution in [3.8, 4) is 16.9 Å². The van der Waals surface area contributed by atoms with Gasteiger partial charge in [0.1, 0.15) is 0 Å². The Kier molecular flexibility index (Phi) is 3.20. The van der Waals surface area contributed by atoms with Gasteiger partial charge in [0.05, 0.1) is 11.4 Å². The summed E-state index contributed by atoms with van der Waals surface area (Å²) in [5.74, 6) is -1.81. The van der Waals surface area contributed by atoms with E-state index < -0.39 is 11.6 Å². The Labute approximate surface area is 119 Å². The highest BCUT2D eigenvalue weighted by atomic mass is 32.1. The van der Waals surface area contributed by atoms with Crippen molar-refractivity contribution in [3.05, 3.63) is 71.1 Å². The Morgan fingerprint density at radius 3 is 2.45 bits per heavy atom. The fraction of sp³-hybridized carbons (Fsp3) is 0. The van der Waals surface area contributed by atoms with E-state index in [0.717, 1.165) is 11.6 Å². The second kappa shape index (κ2) is 5.02. The van der Waals surface area contributed by atoms with Crippen molar-refractivity contribution < 1.29 is 8.78 Å². The summed E-state index contributed by atoms with van der Waals surface area (Å²) in [7, 11) is 0. The van der Waals surface area contributed by atoms with Crippen LogP contribution in [0.5, 0.6) is 0 Å². The third-order valence-corrected chi connectivity index (χ3v) is 3.32. The summed E-state index contributed by atoms with van der Waals surface area (Å²) >= 11 is 5.18. The van der Waals surface area contributed by atoms with Crippen LogP contribution in [0, 0.1) is 16.4 Å². The van der Waals surface area contributed by atoms with E-state index in [0.29, 0.717) is 10.5 Å². The normalized spacial score (nSPS) is 10.7. The number of aromatic amines is 1. The van der Waals surface area contributed by atoms with Crippen LogP contribution in [0.3, 0.4) is 0 Å². The van der Waals surface area contributed by atoms with E-state index in [9.17, 15) is 8.78 Å². The molecule has 3 aromatic rings. The smallest absolute Gasteiger partial charge is 0.182 e. The number of halogens is 2. The third kappa shape index (κ3) is 2.06. The summed E-state index contributed by atoms with van der Waals surface area (Å²) < 4.78 is 29.2. The van der Waals surface area contributed by atoms with Gasteiger partial charge in [-0.25, -0.2) is 8.78 Å². The molecule has 0 aliphatic carbocycles. The zero-order valence-corrected chi connectivity index (χ0v) is 11.1. The highest BCUT2D eigenvalue weighted by molar-refractivity contribution is 7.71. The van der Waals surface area contributed by atoms with Gasteiger partial charge in [0, 0.05) is 11.8 Å². The van der Waals surface area contributed by atoms with Gasteiger partial charge in [0.25, 0.3) is 0 Å². The first-order valence-corrected chi connectivity index (χ1v) is 6.39. The van der Waals surface area contributed by atoms with Gasteiger partial charge in [-0.2, -0.15) is 0 Å². The number of imidazole rings is 1. The molecule has 1 heterocycles. The molecule has 0 fully saturated rings. The molecule has 3 rings (SSSR count). The molecule has 1 N–H and O–H groups in total. The number of nitrogens with zero attached hydrogens (tertiary/aromatic N) is 1. The molecule has 0 aliphatic rings. The maximum absolute atomic E-state index is 14.0. The van der Waals surface area contributed by atoms with Crippen LogP contribution < -0.4 is 0 Å². The van der Waals surface area contributed by atoms with E-state index in [-0.39, 0.29) is 5.69 Å². The van der Waals surface area contributed by atoms with Crippen molar-refractivity contribution in [1.29, 1.82) is 0 Å². The van der Waals surface area contributed by atoms with Gasteiger partial charge in [-0.1, -0.05) is 36.4 Å². The van der Waals surface area contributed by atoms with Crippen LogP contribution in [0.15, 0.2) is 54.7 Å². The van der Waals surface area contributed by atoms with Crippen LogP contribution in [-0.4, -0.2) is 9.55 Å². The first-order valence-electron chi connectivity index (χ1n) is 5.98. The Hall–Kier alpha value is -2.27. The van der Waals surface area contributed by atoms with Gasteiger partial charge >= 0.3 is 0 Å². The van der Waals surface area contributed by atoms with Gasteiger partial charge in [-0.15, -0.1) is 0 Å². The molecule has 0 amide bonds. The molecule has 0 radical (unpaired) electrons. The monoisotopic (exact) mass is 288 g/mol. The maximum Gasteiger partial charge on any atom is 0.182 e. The van der Waals surface area contributed by atoms with E-state index in [4.69, 9.17) is 12.2 Å². The van der Waals surface area contributed by atoms with Crippen LogP contribution in [0.2, 0.25) is 0 Å². The minimum absolute atomic E-state index is 0.0927. The maximum atomic E-state index is 14.0. The van der Waals surface area contributed by atoms with Crippen LogP contribution in [0.25, 0.3) is 16.9 Å². The van der Waals surface area contributed by atoms with E-state index in [1.165, 1.54) is 16.7 Å². The second-order valence-corrected chi connectivity index (χ2v) is 4.64. The Morgan fingerprint density at radius 2 is 1.70 bits per heavy atom. The molecule has 0 atom stereocenters. The molecule has 0 unspecified atom stereocenters. The lowest BCUT2D eigenvalue weighted by Gasteiger charge is -2.09. The molecule has 0 saturated carbocycles. The number of H-pyrrole nitrogens is 1. The number of hydrogen-bond acceptors (Lipinski definition) is 1. The summed E-state index contributed by atoms with van der Waals surface area (Å²) in [5.41, 5.74) is 1.64. The molecule has 0 bridgehead atoms. The molecular formula is C15H10F2N2S. The highest BCUT2D eigenvalue weighted by Crippen LogP contribution is 2.25. The van der Waals surface area contributed by atoms with Crippen LogP contribution in [0.4, 0.5) is 8.78 Å². The minimum atomic E-state index is -0.916. The van der Waals surface area contributed by atoms with Gasteiger partial charge in [-0.3, -0.25) is 4.57 Å². The fourth-order valence-electron chi connectivity index (χ4n) is 2.09. The topological polar surface area (TPSA) is 20.7 Å². The largest absolute Gasteiger partial charge is 0.336 e. The van der Waals surface area contributed by atoms with Gasteiger partial charge < -0.3 is 4.98 Å². The molecule has 0 saturated heterocycles. The number of aromatic nitrogens is 2. The Bertz CT molecular complexity index is 806. The van der Waals surface area contributed by atoms with Crippen molar-refractivity contribution >= 4 is 12.2 Å². The first kappa shape index (κ1) is 12.7. The van der Waals surface area contributed by atoms with Crippen molar-refractivity contribution in [1.82, 2.24) is 9.55 Å². The molecule has 0 spiro atoms. The molecule has 1 aromatic heterocycles. The molecule has 5 heteroatoms. The molecule has 2 nitrogen and oxygen atoms in total. The van der Waals surface area contributed by atoms with Crippen LogP contribution in [0.1, 0.15) is 0 Å². The molecule has 20 heavy (non-hydrogen) atoms. The van der Waals surface area contributed by atoms with E-state index in [1.54, 1.807) is 6.20 Å². The Balaban J connectivity index is 2.28. The molecule has 100 valence electrons. The lowest BCUT2D eigenvalue weighted by atomic mass is 10.1. The average molecular weight is 288 g/mol. The molecule has 2 aromatic carbocycles. The van der Waals surface area contributed by atoms with E-state index in [1.807, 2.05) is 30.3 Å². The van der Waals surface area contributed by atoms with Crippen molar-refractivity contribution in [3.63, 3.8) is 0 Å². The van der Waals surface area contributed by atoms with Crippen LogP contribution >= 0.6 is 12.2 Å². The van der Waals surface area contributed by atoms with Crippen molar-refractivity contribution in [2.75, 3.05) is 0 Å². The summed E-state index contributed by atoms with van der Waals surface area (Å²) in [6.07, 6.45) is 1.68. The van der Waals surface area contributed by atoms with Crippen molar-refractivity contribution in [2.24, 2.45) is 0 Å². The lowest BCUT2D eigenvalue weighted by molar-refractivity contribution is 0.504. The molecule has 0 aliphatic heterocycles. The number of benzene rings is 2. The predicted octanol–water partition coefficient (Wildman–Crippen LogP) is 4.48. The standard InChI is InChI=1S/C15H10F2N2S/c16-11-7-4-8-12(14(11)17)19-13(9-18-15(19)20)10-5-2-1-3-6-10/h1-9H,(H,18,20). The van der Waals surface area contributed by atoms with E-state index >= 15 is 0 Å². The Morgan fingerprint density at radius 1 is 0.950 bits per heavy atom. The quantitative estimate of drug-likeness (QED) is 0.689. The van der Waals surface area contributed by atoms with E-state index in [2.05, 4.69) is 4.98 Å². The SMILES string of the molecule is Fc1cccc(-n2c(-c3ccccc3)c[nH]c2=S)c1F. The predicted molar refractivity (Wildman–Crippen MR) is 76.3 cm³/mol. The van der Waals surface area contributed by atoms with Crippen molar-refractivity contribution in [2.45, 2.75) is 0 Å².